The quantitative estimate of drug-likeness (QED) is 0.840. The third kappa shape index (κ3) is 3.21. The molecule has 0 aliphatic carbocycles. The molecule has 6 heteroatoms. The van der Waals surface area contributed by atoms with Gasteiger partial charge in [-0.05, 0) is 44.2 Å². The van der Waals surface area contributed by atoms with Crippen LogP contribution in [0.15, 0.2) is 35.1 Å². The second kappa shape index (κ2) is 5.83. The monoisotopic (exact) mass is 289 g/mol. The first-order valence-corrected chi connectivity index (χ1v) is 6.55. The third-order valence-corrected chi connectivity index (χ3v) is 2.81. The number of aromatic amines is 1. The van der Waals surface area contributed by atoms with Crippen LogP contribution in [0.2, 0.25) is 0 Å². The minimum Gasteiger partial charge on any atom is -0.491 e. The van der Waals surface area contributed by atoms with E-state index in [0.29, 0.717) is 5.69 Å². The zero-order valence-electron chi connectivity index (χ0n) is 11.2. The SMILES string of the molecule is CC(C)Oc1ccc(-c2cc(C(N)=S)c(=O)[nH]n2)cc1. The van der Waals surface area contributed by atoms with Gasteiger partial charge in [0.15, 0.2) is 0 Å². The minimum absolute atomic E-state index is 0.0506. The average molecular weight is 289 g/mol. The molecule has 2 aromatic rings. The normalized spacial score (nSPS) is 10.6. The van der Waals surface area contributed by atoms with E-state index < -0.39 is 0 Å². The molecule has 0 aliphatic rings. The molecule has 0 unspecified atom stereocenters. The molecule has 0 radical (unpaired) electrons. The lowest BCUT2D eigenvalue weighted by atomic mass is 10.1. The number of nitrogens with one attached hydrogen (secondary N) is 1. The van der Waals surface area contributed by atoms with Gasteiger partial charge in [0.2, 0.25) is 0 Å². The summed E-state index contributed by atoms with van der Waals surface area (Å²) in [4.78, 5) is 11.6. The first-order valence-electron chi connectivity index (χ1n) is 6.14. The number of aromatic nitrogens is 2. The maximum absolute atomic E-state index is 11.5. The predicted octanol–water partition coefficient (Wildman–Crippen LogP) is 1.86. The average Bonchev–Trinajstić information content (AvgIpc) is 2.39. The summed E-state index contributed by atoms with van der Waals surface area (Å²) in [5.41, 5.74) is 6.82. The second-order valence-corrected chi connectivity index (χ2v) is 4.99. The Bertz CT molecular complexity index is 678. The molecule has 2 rings (SSSR count). The molecule has 0 atom stereocenters. The molecule has 20 heavy (non-hydrogen) atoms. The number of ether oxygens (including phenoxy) is 1. The fraction of sp³-hybridized carbons (Fsp3) is 0.214. The molecule has 0 fully saturated rings. The summed E-state index contributed by atoms with van der Waals surface area (Å²) in [5.74, 6) is 0.780. The molecule has 1 aromatic carbocycles. The maximum atomic E-state index is 11.5. The van der Waals surface area contributed by atoms with Crippen LogP contribution in [0.4, 0.5) is 0 Å². The van der Waals surface area contributed by atoms with Gasteiger partial charge in [0.25, 0.3) is 5.56 Å². The number of rotatable bonds is 4. The van der Waals surface area contributed by atoms with E-state index in [1.54, 1.807) is 6.07 Å². The molecule has 1 heterocycles. The molecular formula is C14H15N3O2S. The van der Waals surface area contributed by atoms with Gasteiger partial charge >= 0.3 is 0 Å². The summed E-state index contributed by atoms with van der Waals surface area (Å²) >= 11 is 4.84. The van der Waals surface area contributed by atoms with Crippen LogP contribution >= 0.6 is 12.2 Å². The van der Waals surface area contributed by atoms with E-state index in [4.69, 9.17) is 22.7 Å². The van der Waals surface area contributed by atoms with Crippen molar-refractivity contribution in [2.75, 3.05) is 0 Å². The molecule has 0 saturated heterocycles. The Morgan fingerprint density at radius 3 is 2.55 bits per heavy atom. The molecule has 104 valence electrons. The Morgan fingerprint density at radius 1 is 1.35 bits per heavy atom. The van der Waals surface area contributed by atoms with E-state index in [2.05, 4.69) is 10.2 Å². The number of nitrogens with two attached hydrogens (primary N) is 1. The lowest BCUT2D eigenvalue weighted by Gasteiger charge is -2.10. The highest BCUT2D eigenvalue weighted by Gasteiger charge is 2.08. The number of thiocarbonyl (C=S) groups is 1. The molecule has 0 aliphatic heterocycles. The van der Waals surface area contributed by atoms with Gasteiger partial charge in [0, 0.05) is 5.56 Å². The van der Waals surface area contributed by atoms with Crippen molar-refractivity contribution in [3.63, 3.8) is 0 Å². The number of nitrogens with zero attached hydrogens (tertiary/aromatic N) is 1. The van der Waals surface area contributed by atoms with Crippen LogP contribution in [0.3, 0.4) is 0 Å². The van der Waals surface area contributed by atoms with Gasteiger partial charge in [-0.25, -0.2) is 5.10 Å². The first kappa shape index (κ1) is 14.2. The Balaban J connectivity index is 2.34. The van der Waals surface area contributed by atoms with Crippen molar-refractivity contribution in [2.24, 2.45) is 5.73 Å². The fourth-order valence-electron chi connectivity index (χ4n) is 1.71. The van der Waals surface area contributed by atoms with Gasteiger partial charge in [-0.15, -0.1) is 0 Å². The smallest absolute Gasteiger partial charge is 0.274 e. The zero-order chi connectivity index (χ0) is 14.7. The lowest BCUT2D eigenvalue weighted by molar-refractivity contribution is 0.242. The van der Waals surface area contributed by atoms with Crippen LogP contribution in [0.1, 0.15) is 19.4 Å². The number of H-pyrrole nitrogens is 1. The van der Waals surface area contributed by atoms with Crippen LogP contribution in [-0.2, 0) is 0 Å². The highest BCUT2D eigenvalue weighted by molar-refractivity contribution is 7.80. The maximum Gasteiger partial charge on any atom is 0.274 e. The van der Waals surface area contributed by atoms with Crippen molar-refractivity contribution in [1.82, 2.24) is 10.2 Å². The van der Waals surface area contributed by atoms with Gasteiger partial charge in [-0.2, -0.15) is 5.10 Å². The molecule has 3 N–H and O–H groups in total. The molecule has 1 aromatic heterocycles. The van der Waals surface area contributed by atoms with E-state index >= 15 is 0 Å². The Morgan fingerprint density at radius 2 is 2.00 bits per heavy atom. The molecular weight excluding hydrogens is 274 g/mol. The molecule has 0 spiro atoms. The number of benzene rings is 1. The zero-order valence-corrected chi connectivity index (χ0v) is 12.0. The molecule has 0 bridgehead atoms. The van der Waals surface area contributed by atoms with Gasteiger partial charge in [0.05, 0.1) is 17.4 Å². The Hall–Kier alpha value is -2.21. The number of hydrogen-bond acceptors (Lipinski definition) is 4. The lowest BCUT2D eigenvalue weighted by Crippen LogP contribution is -2.23. The van der Waals surface area contributed by atoms with Gasteiger partial charge in [-0.3, -0.25) is 4.79 Å². The van der Waals surface area contributed by atoms with Crippen LogP contribution in [-0.4, -0.2) is 21.3 Å². The Kier molecular flexibility index (Phi) is 4.14. The summed E-state index contributed by atoms with van der Waals surface area (Å²) in [6.45, 7) is 3.93. The van der Waals surface area contributed by atoms with Gasteiger partial charge < -0.3 is 10.5 Å². The van der Waals surface area contributed by atoms with E-state index in [1.165, 1.54) is 0 Å². The van der Waals surface area contributed by atoms with E-state index in [9.17, 15) is 4.79 Å². The molecule has 0 amide bonds. The molecule has 0 saturated carbocycles. The fourth-order valence-corrected chi connectivity index (χ4v) is 1.86. The van der Waals surface area contributed by atoms with E-state index in [1.807, 2.05) is 38.1 Å². The Labute approximate surface area is 121 Å². The summed E-state index contributed by atoms with van der Waals surface area (Å²) in [6.07, 6.45) is 0.119. The van der Waals surface area contributed by atoms with E-state index in [0.717, 1.165) is 11.3 Å². The first-order chi connectivity index (χ1) is 9.47. The van der Waals surface area contributed by atoms with Crippen LogP contribution < -0.4 is 16.0 Å². The van der Waals surface area contributed by atoms with Crippen molar-refractivity contribution in [1.29, 1.82) is 0 Å². The molecule has 5 nitrogen and oxygen atoms in total. The van der Waals surface area contributed by atoms with Gasteiger partial charge in [-0.1, -0.05) is 12.2 Å². The van der Waals surface area contributed by atoms with Crippen molar-refractivity contribution in [3.05, 3.63) is 46.2 Å². The van der Waals surface area contributed by atoms with Crippen LogP contribution in [0, 0.1) is 0 Å². The minimum atomic E-state index is -0.388. The van der Waals surface area contributed by atoms with Crippen molar-refractivity contribution in [3.8, 4) is 17.0 Å². The second-order valence-electron chi connectivity index (χ2n) is 4.55. The summed E-state index contributed by atoms with van der Waals surface area (Å²) in [7, 11) is 0. The summed E-state index contributed by atoms with van der Waals surface area (Å²) < 4.78 is 5.57. The predicted molar refractivity (Wildman–Crippen MR) is 81.9 cm³/mol. The summed E-state index contributed by atoms with van der Waals surface area (Å²) in [5, 5.41) is 6.38. The highest BCUT2D eigenvalue weighted by Crippen LogP contribution is 2.21. The van der Waals surface area contributed by atoms with Crippen molar-refractivity contribution >= 4 is 17.2 Å². The van der Waals surface area contributed by atoms with Gasteiger partial charge in [0.1, 0.15) is 10.7 Å². The van der Waals surface area contributed by atoms with E-state index in [-0.39, 0.29) is 22.2 Å². The number of hydrogen-bond donors (Lipinski definition) is 2. The highest BCUT2D eigenvalue weighted by atomic mass is 32.1. The topological polar surface area (TPSA) is 81.0 Å². The third-order valence-electron chi connectivity index (χ3n) is 2.59. The van der Waals surface area contributed by atoms with Crippen LogP contribution in [0.5, 0.6) is 5.75 Å². The van der Waals surface area contributed by atoms with Crippen LogP contribution in [0.25, 0.3) is 11.3 Å². The largest absolute Gasteiger partial charge is 0.491 e. The van der Waals surface area contributed by atoms with Crippen molar-refractivity contribution < 1.29 is 4.74 Å². The standard InChI is InChI=1S/C14H15N3O2S/c1-8(2)19-10-5-3-9(4-6-10)12-7-11(13(15)20)14(18)17-16-12/h3-8H,1-2H3,(H2,15,20)(H,17,18). The summed E-state index contributed by atoms with van der Waals surface area (Å²) in [6, 6.07) is 9.01. The van der Waals surface area contributed by atoms with Crippen molar-refractivity contribution in [2.45, 2.75) is 20.0 Å².